The molecule has 0 aliphatic rings. The van der Waals surface area contributed by atoms with Crippen LogP contribution in [0.5, 0.6) is 0 Å². The third-order valence-corrected chi connectivity index (χ3v) is 7.58. The number of anilines is 2. The summed E-state index contributed by atoms with van der Waals surface area (Å²) in [5.74, 6) is -1.20. The summed E-state index contributed by atoms with van der Waals surface area (Å²) in [6.45, 7) is 12.1. The predicted octanol–water partition coefficient (Wildman–Crippen LogP) is 7.95. The molecule has 0 aliphatic carbocycles. The fourth-order valence-electron chi connectivity index (χ4n) is 3.51. The Morgan fingerprint density at radius 2 is 1.48 bits per heavy atom. The molecule has 2 aromatic carbocycles. The molecule has 4 rings (SSSR count). The van der Waals surface area contributed by atoms with Gasteiger partial charge >= 0.3 is 5.97 Å². The Bertz CT molecular complexity index is 1340. The topological polar surface area (TPSA) is 44.9 Å². The number of carboxylic acid groups (broad SMARTS) is 1. The van der Waals surface area contributed by atoms with E-state index in [0.717, 1.165) is 32.4 Å². The highest BCUT2D eigenvalue weighted by molar-refractivity contribution is 7.24. The van der Waals surface area contributed by atoms with E-state index in [4.69, 9.17) is 11.7 Å². The minimum atomic E-state index is -1.20. The van der Waals surface area contributed by atoms with Crippen LogP contribution in [0.25, 0.3) is 31.1 Å². The first-order valence-electron chi connectivity index (χ1n) is 10.5. The molecule has 6 heteroatoms. The Kier molecular flexibility index (Phi) is 6.74. The molecule has 4 nitrogen and oxygen atoms in total. The lowest BCUT2D eigenvalue weighted by Gasteiger charge is -2.23. The average molecular weight is 471 g/mol. The van der Waals surface area contributed by atoms with Gasteiger partial charge in [0.1, 0.15) is 0 Å². The summed E-state index contributed by atoms with van der Waals surface area (Å²) in [4.78, 5) is 20.5. The van der Waals surface area contributed by atoms with Crippen molar-refractivity contribution in [3.63, 3.8) is 0 Å². The van der Waals surface area contributed by atoms with E-state index in [-0.39, 0.29) is 5.70 Å². The maximum absolute atomic E-state index is 11.1. The molecule has 33 heavy (non-hydrogen) atoms. The van der Waals surface area contributed by atoms with Gasteiger partial charge in [0.05, 0.1) is 6.57 Å². The fourth-order valence-corrected chi connectivity index (χ4v) is 5.56. The number of rotatable bonds is 7. The Hall–Kier alpha value is -3.66. The number of benzene rings is 2. The van der Waals surface area contributed by atoms with Crippen LogP contribution in [0.15, 0.2) is 78.5 Å². The normalized spacial score (nSPS) is 11.2. The summed E-state index contributed by atoms with van der Waals surface area (Å²) in [5.41, 5.74) is 4.47. The minimum Gasteiger partial charge on any atom is -0.486 e. The number of hydrogen-bond donors (Lipinski definition) is 1. The maximum Gasteiger partial charge on any atom is 0.333 e. The maximum atomic E-state index is 11.1. The summed E-state index contributed by atoms with van der Waals surface area (Å²) in [7, 11) is 0. The van der Waals surface area contributed by atoms with E-state index in [1.807, 2.05) is 12.1 Å². The number of aryl methyl sites for hydroxylation is 1. The van der Waals surface area contributed by atoms with Gasteiger partial charge < -0.3 is 10.0 Å². The van der Waals surface area contributed by atoms with Gasteiger partial charge in [-0.05, 0) is 74.0 Å². The molecular weight excluding hydrogens is 448 g/mol. The molecule has 0 spiro atoms. The molecular formula is C27H22N2O2S2. The van der Waals surface area contributed by atoms with Crippen molar-refractivity contribution in [2.24, 2.45) is 0 Å². The van der Waals surface area contributed by atoms with Crippen LogP contribution >= 0.6 is 22.7 Å². The standard InChI is InChI=1S/C27H22N2O2S2/c1-4-29(20-9-5-18(2)6-10-20)21-11-7-19(8-12-21)24-15-16-26(33-24)25-14-13-22(32-25)17-23(28-3)27(30)31/h5-17H,4H2,1-2H3,(H,30,31). The zero-order valence-electron chi connectivity index (χ0n) is 18.3. The first-order chi connectivity index (χ1) is 16.0. The number of thiophene rings is 2. The molecule has 0 saturated carbocycles. The highest BCUT2D eigenvalue weighted by Crippen LogP contribution is 2.39. The molecule has 1 N–H and O–H groups in total. The Balaban J connectivity index is 1.54. The van der Waals surface area contributed by atoms with E-state index in [2.05, 4.69) is 84.3 Å². The SMILES string of the molecule is [C-]#[N+]C(=Cc1ccc(-c2ccc(-c3ccc(N(CC)c4ccc(C)cc4)cc3)s2)s1)C(=O)O. The number of carbonyl (C=O) groups is 1. The summed E-state index contributed by atoms with van der Waals surface area (Å²) >= 11 is 3.18. The molecule has 0 saturated heterocycles. The van der Waals surface area contributed by atoms with Crippen molar-refractivity contribution in [1.29, 1.82) is 0 Å². The average Bonchev–Trinajstić information content (AvgIpc) is 3.49. The molecule has 2 heterocycles. The van der Waals surface area contributed by atoms with E-state index in [9.17, 15) is 4.79 Å². The first kappa shape index (κ1) is 22.5. The number of carboxylic acids is 1. The van der Waals surface area contributed by atoms with Crippen molar-refractivity contribution in [3.8, 4) is 20.2 Å². The Labute approximate surface area is 201 Å². The van der Waals surface area contributed by atoms with Crippen molar-refractivity contribution in [2.45, 2.75) is 13.8 Å². The first-order valence-corrected chi connectivity index (χ1v) is 12.1. The van der Waals surface area contributed by atoms with Gasteiger partial charge in [-0.3, -0.25) is 4.79 Å². The number of aliphatic carboxylic acids is 1. The quantitative estimate of drug-likeness (QED) is 0.220. The second-order valence-corrected chi connectivity index (χ2v) is 9.64. The predicted molar refractivity (Wildman–Crippen MR) is 139 cm³/mol. The van der Waals surface area contributed by atoms with Crippen molar-refractivity contribution >= 4 is 46.1 Å². The Morgan fingerprint density at radius 1 is 0.909 bits per heavy atom. The lowest BCUT2D eigenvalue weighted by Crippen LogP contribution is -2.15. The van der Waals surface area contributed by atoms with E-state index in [1.54, 1.807) is 11.3 Å². The molecule has 0 aliphatic heterocycles. The van der Waals surface area contributed by atoms with Gasteiger partial charge in [0.2, 0.25) is 0 Å². The van der Waals surface area contributed by atoms with Crippen LogP contribution in [0, 0.1) is 13.5 Å². The van der Waals surface area contributed by atoms with Crippen molar-refractivity contribution in [1.82, 2.24) is 0 Å². The molecule has 0 unspecified atom stereocenters. The van der Waals surface area contributed by atoms with Crippen LogP contribution in [-0.4, -0.2) is 17.6 Å². The van der Waals surface area contributed by atoms with Crippen LogP contribution in [0.1, 0.15) is 17.4 Å². The number of hydrogen-bond acceptors (Lipinski definition) is 4. The van der Waals surface area contributed by atoms with Gasteiger partial charge in [0.15, 0.2) is 0 Å². The lowest BCUT2D eigenvalue weighted by atomic mass is 10.1. The van der Waals surface area contributed by atoms with Crippen molar-refractivity contribution in [3.05, 3.63) is 100 Å². The third kappa shape index (κ3) is 5.06. The van der Waals surface area contributed by atoms with Crippen LogP contribution in [0.4, 0.5) is 11.4 Å². The summed E-state index contributed by atoms with van der Waals surface area (Å²) in [5, 5.41) is 9.05. The van der Waals surface area contributed by atoms with Gasteiger partial charge in [-0.25, -0.2) is 4.85 Å². The van der Waals surface area contributed by atoms with Crippen LogP contribution < -0.4 is 4.90 Å². The van der Waals surface area contributed by atoms with E-state index < -0.39 is 5.97 Å². The zero-order chi connectivity index (χ0) is 23.4. The van der Waals surface area contributed by atoms with Crippen LogP contribution in [-0.2, 0) is 4.79 Å². The van der Waals surface area contributed by atoms with Crippen molar-refractivity contribution in [2.75, 3.05) is 11.4 Å². The molecule has 164 valence electrons. The van der Waals surface area contributed by atoms with Gasteiger partial charge in [0, 0.05) is 37.4 Å². The third-order valence-electron chi connectivity index (χ3n) is 5.22. The molecule has 2 aromatic heterocycles. The van der Waals surface area contributed by atoms with E-state index in [1.165, 1.54) is 33.5 Å². The lowest BCUT2D eigenvalue weighted by molar-refractivity contribution is -0.132. The number of nitrogens with zero attached hydrogens (tertiary/aromatic N) is 2. The minimum absolute atomic E-state index is 0.276. The van der Waals surface area contributed by atoms with Crippen LogP contribution in [0.2, 0.25) is 0 Å². The van der Waals surface area contributed by atoms with Crippen LogP contribution in [0.3, 0.4) is 0 Å². The van der Waals surface area contributed by atoms with Gasteiger partial charge in [-0.1, -0.05) is 29.8 Å². The van der Waals surface area contributed by atoms with Gasteiger partial charge in [-0.2, -0.15) is 0 Å². The monoisotopic (exact) mass is 470 g/mol. The highest BCUT2D eigenvalue weighted by Gasteiger charge is 2.12. The van der Waals surface area contributed by atoms with Crippen molar-refractivity contribution < 1.29 is 9.90 Å². The molecule has 0 fully saturated rings. The molecule has 0 bridgehead atoms. The summed E-state index contributed by atoms with van der Waals surface area (Å²) in [6.07, 6.45) is 1.42. The Morgan fingerprint density at radius 3 is 2.09 bits per heavy atom. The molecule has 0 amide bonds. The van der Waals surface area contributed by atoms with Gasteiger partial charge in [0.25, 0.3) is 5.70 Å². The molecule has 0 atom stereocenters. The largest absolute Gasteiger partial charge is 0.486 e. The molecule has 0 radical (unpaired) electrons. The van der Waals surface area contributed by atoms with Gasteiger partial charge in [-0.15, -0.1) is 22.7 Å². The molecule has 4 aromatic rings. The second kappa shape index (κ2) is 9.86. The van der Waals surface area contributed by atoms with E-state index >= 15 is 0 Å². The summed E-state index contributed by atoms with van der Waals surface area (Å²) in [6, 6.07) is 25.2. The second-order valence-electron chi connectivity index (χ2n) is 7.44. The smallest absolute Gasteiger partial charge is 0.333 e. The fraction of sp³-hybridized carbons (Fsp3) is 0.111. The van der Waals surface area contributed by atoms with E-state index in [0.29, 0.717) is 0 Å². The zero-order valence-corrected chi connectivity index (χ0v) is 19.9. The highest BCUT2D eigenvalue weighted by atomic mass is 32.1. The summed E-state index contributed by atoms with van der Waals surface area (Å²) < 4.78 is 0.